The van der Waals surface area contributed by atoms with Gasteiger partial charge in [-0.15, -0.1) is 5.10 Å². The Kier molecular flexibility index (Phi) is 6.18. The highest BCUT2D eigenvalue weighted by Crippen LogP contribution is 2.45. The summed E-state index contributed by atoms with van der Waals surface area (Å²) in [5, 5.41) is 9.33. The van der Waals surface area contributed by atoms with Crippen LogP contribution in [-0.4, -0.2) is 74.5 Å². The highest BCUT2D eigenvalue weighted by atomic mass is 35.5. The number of nitrogens with zero attached hydrogens (tertiary/aromatic N) is 5. The van der Waals surface area contributed by atoms with Crippen LogP contribution in [0.1, 0.15) is 39.7 Å². The summed E-state index contributed by atoms with van der Waals surface area (Å²) < 4.78 is 24.4. The molecule has 12 heteroatoms. The Morgan fingerprint density at radius 1 is 1.33 bits per heavy atom. The maximum atomic E-state index is 11.6. The number of methoxy groups -OCH3 is 1. The normalized spacial score (nSPS) is 27.5. The van der Waals surface area contributed by atoms with E-state index < -0.39 is 11.8 Å². The van der Waals surface area contributed by atoms with E-state index in [1.165, 1.54) is 18.9 Å². The number of ether oxygens (including phenoxy) is 4. The minimum absolute atomic E-state index is 0.162. The molecule has 0 unspecified atom stereocenters. The first-order valence-corrected chi connectivity index (χ1v) is 11.1. The van der Waals surface area contributed by atoms with E-state index in [-0.39, 0.29) is 36.1 Å². The van der Waals surface area contributed by atoms with Crippen LogP contribution in [0.3, 0.4) is 0 Å². The van der Waals surface area contributed by atoms with Gasteiger partial charge in [-0.1, -0.05) is 35.5 Å². The third-order valence-electron chi connectivity index (χ3n) is 5.04. The number of carbonyl (C=O) groups excluding carboxylic acids is 1. The SMILES string of the molecule is CCCSc1nc(Cl)c2nnn([C@H]3C[C@H](OCC(=O)OC)[C@H]4OC(C)(C)O[C@H]43)c2n1. The maximum Gasteiger partial charge on any atom is 0.331 e. The summed E-state index contributed by atoms with van der Waals surface area (Å²) in [5.74, 6) is -0.352. The van der Waals surface area contributed by atoms with Crippen molar-refractivity contribution in [1.29, 1.82) is 0 Å². The molecule has 2 fully saturated rings. The highest BCUT2D eigenvalue weighted by molar-refractivity contribution is 7.99. The fraction of sp³-hybridized carbons (Fsp3) is 0.722. The molecule has 0 spiro atoms. The minimum atomic E-state index is -0.786. The molecule has 1 aliphatic heterocycles. The zero-order valence-electron chi connectivity index (χ0n) is 17.2. The summed E-state index contributed by atoms with van der Waals surface area (Å²) in [4.78, 5) is 20.5. The summed E-state index contributed by atoms with van der Waals surface area (Å²) in [6.45, 7) is 5.62. The average molecular weight is 458 g/mol. The lowest BCUT2D eigenvalue weighted by atomic mass is 10.2. The summed E-state index contributed by atoms with van der Waals surface area (Å²) >= 11 is 7.86. The maximum absolute atomic E-state index is 11.6. The molecule has 1 saturated heterocycles. The number of hydrogen-bond donors (Lipinski definition) is 0. The van der Waals surface area contributed by atoms with Crippen molar-refractivity contribution in [1.82, 2.24) is 25.0 Å². The van der Waals surface area contributed by atoms with E-state index in [0.29, 0.717) is 22.7 Å². The largest absolute Gasteiger partial charge is 0.467 e. The number of hydrogen-bond acceptors (Lipinski definition) is 10. The van der Waals surface area contributed by atoms with Gasteiger partial charge >= 0.3 is 5.97 Å². The van der Waals surface area contributed by atoms with Gasteiger partial charge in [0.05, 0.1) is 19.3 Å². The molecular weight excluding hydrogens is 434 g/mol. The Hall–Kier alpha value is -1.53. The van der Waals surface area contributed by atoms with Crippen LogP contribution in [0.2, 0.25) is 5.15 Å². The average Bonchev–Trinajstić information content (AvgIpc) is 3.35. The third kappa shape index (κ3) is 4.13. The molecule has 1 saturated carbocycles. The first kappa shape index (κ1) is 21.7. The lowest BCUT2D eigenvalue weighted by molar-refractivity contribution is -0.173. The minimum Gasteiger partial charge on any atom is -0.467 e. The quantitative estimate of drug-likeness (QED) is 0.266. The fourth-order valence-electron chi connectivity index (χ4n) is 3.80. The molecule has 2 aromatic rings. The van der Waals surface area contributed by atoms with Crippen LogP contribution in [0.25, 0.3) is 11.2 Å². The lowest BCUT2D eigenvalue weighted by Crippen LogP contribution is -2.32. The van der Waals surface area contributed by atoms with Gasteiger partial charge in [0.15, 0.2) is 27.3 Å². The Balaban J connectivity index is 1.66. The van der Waals surface area contributed by atoms with Crippen LogP contribution >= 0.6 is 23.4 Å². The Morgan fingerprint density at radius 2 is 2.10 bits per heavy atom. The smallest absolute Gasteiger partial charge is 0.331 e. The van der Waals surface area contributed by atoms with Gasteiger partial charge in [0.1, 0.15) is 18.8 Å². The predicted molar refractivity (Wildman–Crippen MR) is 108 cm³/mol. The summed E-state index contributed by atoms with van der Waals surface area (Å²) in [5.41, 5.74) is 0.977. The van der Waals surface area contributed by atoms with Crippen molar-refractivity contribution >= 4 is 40.5 Å². The van der Waals surface area contributed by atoms with E-state index in [4.69, 9.17) is 25.8 Å². The van der Waals surface area contributed by atoms with Gasteiger partial charge < -0.3 is 18.9 Å². The van der Waals surface area contributed by atoms with E-state index in [1.807, 2.05) is 13.8 Å². The monoisotopic (exact) mass is 457 g/mol. The molecule has 30 heavy (non-hydrogen) atoms. The molecular formula is C18H24ClN5O5S. The van der Waals surface area contributed by atoms with Crippen LogP contribution in [0.5, 0.6) is 0 Å². The summed E-state index contributed by atoms with van der Waals surface area (Å²) in [7, 11) is 1.32. The Morgan fingerprint density at radius 3 is 2.83 bits per heavy atom. The van der Waals surface area contributed by atoms with Gasteiger partial charge in [0.25, 0.3) is 0 Å². The molecule has 164 valence electrons. The van der Waals surface area contributed by atoms with Crippen LogP contribution in [0, 0.1) is 0 Å². The van der Waals surface area contributed by atoms with Crippen molar-refractivity contribution in [3.63, 3.8) is 0 Å². The molecule has 0 amide bonds. The third-order valence-corrected chi connectivity index (χ3v) is 6.35. The molecule has 0 N–H and O–H groups in total. The number of halogens is 1. The van der Waals surface area contributed by atoms with Crippen LogP contribution in [-0.2, 0) is 23.7 Å². The van der Waals surface area contributed by atoms with Crippen molar-refractivity contribution in [3.05, 3.63) is 5.15 Å². The number of fused-ring (bicyclic) bond motifs is 2. The molecule has 3 heterocycles. The Labute approximate surface area is 182 Å². The topological polar surface area (TPSA) is 110 Å². The number of aromatic nitrogens is 5. The molecule has 2 aliphatic rings. The molecule has 4 atom stereocenters. The second-order valence-electron chi connectivity index (χ2n) is 7.65. The van der Waals surface area contributed by atoms with Crippen molar-refractivity contribution in [2.75, 3.05) is 19.5 Å². The number of thioether (sulfide) groups is 1. The second kappa shape index (κ2) is 8.54. The van der Waals surface area contributed by atoms with Gasteiger partial charge in [-0.3, -0.25) is 0 Å². The first-order chi connectivity index (χ1) is 14.3. The van der Waals surface area contributed by atoms with E-state index in [2.05, 4.69) is 31.9 Å². The van der Waals surface area contributed by atoms with E-state index in [1.54, 1.807) is 4.68 Å². The van der Waals surface area contributed by atoms with Crippen LogP contribution in [0.4, 0.5) is 0 Å². The van der Waals surface area contributed by atoms with Crippen molar-refractivity contribution in [3.8, 4) is 0 Å². The second-order valence-corrected chi connectivity index (χ2v) is 9.07. The molecule has 0 bridgehead atoms. The van der Waals surface area contributed by atoms with Gasteiger partial charge in [-0.25, -0.2) is 19.4 Å². The van der Waals surface area contributed by atoms with Gasteiger partial charge in [-0.2, -0.15) is 0 Å². The van der Waals surface area contributed by atoms with E-state index in [0.717, 1.165) is 12.2 Å². The van der Waals surface area contributed by atoms with E-state index >= 15 is 0 Å². The molecule has 1 aliphatic carbocycles. The zero-order chi connectivity index (χ0) is 21.5. The number of esters is 1. The lowest BCUT2D eigenvalue weighted by Gasteiger charge is -2.23. The number of carbonyl (C=O) groups is 1. The predicted octanol–water partition coefficient (Wildman–Crippen LogP) is 2.40. The molecule has 4 rings (SSSR count). The fourth-order valence-corrected chi connectivity index (χ4v) is 4.75. The standard InChI is InChI=1S/C18H24ClN5O5S/c1-5-6-30-17-20-15(19)12-16(21-17)24(23-22-12)9-7-10(27-8-11(25)26-4)14-13(9)28-18(2,3)29-14/h9-10,13-14H,5-8H2,1-4H3/t9-,10-,13-,14+/m0/s1. The molecule has 0 radical (unpaired) electrons. The first-order valence-electron chi connectivity index (χ1n) is 9.78. The van der Waals surface area contributed by atoms with Crippen molar-refractivity contribution < 1.29 is 23.7 Å². The highest BCUT2D eigenvalue weighted by Gasteiger charge is 2.56. The summed E-state index contributed by atoms with van der Waals surface area (Å²) in [6, 6.07) is -0.251. The Bertz CT molecular complexity index is 941. The zero-order valence-corrected chi connectivity index (χ0v) is 18.8. The molecule has 0 aromatic carbocycles. The molecule has 10 nitrogen and oxygen atoms in total. The summed E-state index contributed by atoms with van der Waals surface area (Å²) in [6.07, 6.45) is 0.437. The van der Waals surface area contributed by atoms with Crippen molar-refractivity contribution in [2.45, 2.75) is 68.9 Å². The van der Waals surface area contributed by atoms with E-state index in [9.17, 15) is 4.79 Å². The number of rotatable bonds is 7. The van der Waals surface area contributed by atoms with Gasteiger partial charge in [0, 0.05) is 12.2 Å². The van der Waals surface area contributed by atoms with Gasteiger partial charge in [0.2, 0.25) is 0 Å². The van der Waals surface area contributed by atoms with Crippen LogP contribution < -0.4 is 0 Å². The molecule has 2 aromatic heterocycles. The van der Waals surface area contributed by atoms with Crippen molar-refractivity contribution in [2.24, 2.45) is 0 Å². The van der Waals surface area contributed by atoms with Crippen LogP contribution in [0.15, 0.2) is 5.16 Å². The van der Waals surface area contributed by atoms with Gasteiger partial charge in [-0.05, 0) is 20.3 Å².